The summed E-state index contributed by atoms with van der Waals surface area (Å²) in [6.45, 7) is 0. The average molecular weight is 361 g/mol. The van der Waals surface area contributed by atoms with Crippen LogP contribution in [0.4, 0.5) is 11.4 Å². The molecule has 0 bridgehead atoms. The lowest BCUT2D eigenvalue weighted by Gasteiger charge is -2.14. The van der Waals surface area contributed by atoms with Crippen molar-refractivity contribution in [3.63, 3.8) is 0 Å². The summed E-state index contributed by atoms with van der Waals surface area (Å²) < 4.78 is 25.6. The number of imide groups is 1. The molecule has 25 heavy (non-hydrogen) atoms. The Kier molecular flexibility index (Phi) is 3.85. The molecule has 0 aromatic heterocycles. The highest BCUT2D eigenvalue weighted by Crippen LogP contribution is 2.34. The van der Waals surface area contributed by atoms with Crippen LogP contribution in [-0.4, -0.2) is 32.2 Å². The predicted molar refractivity (Wildman–Crippen MR) is 86.9 cm³/mol. The molecule has 2 aromatic rings. The Morgan fingerprint density at radius 1 is 1.04 bits per heavy atom. The van der Waals surface area contributed by atoms with E-state index in [0.717, 1.165) is 11.0 Å². The fourth-order valence-electron chi connectivity index (χ4n) is 2.55. The van der Waals surface area contributed by atoms with Gasteiger partial charge in [-0.25, -0.2) is 18.0 Å². The van der Waals surface area contributed by atoms with Crippen molar-refractivity contribution < 1.29 is 22.9 Å². The van der Waals surface area contributed by atoms with Crippen molar-refractivity contribution in [3.8, 4) is 0 Å². The Morgan fingerprint density at radius 2 is 1.68 bits per heavy atom. The number of nitro groups is 1. The van der Waals surface area contributed by atoms with Gasteiger partial charge in [0, 0.05) is 6.07 Å². The van der Waals surface area contributed by atoms with Crippen LogP contribution in [0.5, 0.6) is 0 Å². The van der Waals surface area contributed by atoms with Crippen LogP contribution in [0.3, 0.4) is 0 Å². The van der Waals surface area contributed by atoms with Crippen molar-refractivity contribution in [1.29, 1.82) is 0 Å². The first-order valence-electron chi connectivity index (χ1n) is 6.97. The maximum absolute atomic E-state index is 12.5. The van der Waals surface area contributed by atoms with E-state index < -0.39 is 32.4 Å². The monoisotopic (exact) mass is 361 g/mol. The minimum atomic E-state index is -3.66. The van der Waals surface area contributed by atoms with Crippen molar-refractivity contribution >= 4 is 33.2 Å². The van der Waals surface area contributed by atoms with E-state index in [0.29, 0.717) is 0 Å². The van der Waals surface area contributed by atoms with Crippen LogP contribution in [0.1, 0.15) is 20.7 Å². The van der Waals surface area contributed by atoms with Gasteiger partial charge in [-0.2, -0.15) is 0 Å². The van der Waals surface area contributed by atoms with Gasteiger partial charge in [-0.3, -0.25) is 19.7 Å². The first-order chi connectivity index (χ1) is 11.8. The number of amides is 2. The Bertz CT molecular complexity index is 1010. The summed E-state index contributed by atoms with van der Waals surface area (Å²) >= 11 is 0. The molecule has 0 atom stereocenters. The van der Waals surface area contributed by atoms with E-state index in [1.165, 1.54) is 43.4 Å². The molecule has 1 N–H and O–H groups in total. The lowest BCUT2D eigenvalue weighted by molar-refractivity contribution is -0.385. The normalized spacial score (nSPS) is 13.9. The summed E-state index contributed by atoms with van der Waals surface area (Å²) in [6.07, 6.45) is 0. The van der Waals surface area contributed by atoms with Gasteiger partial charge in [-0.15, -0.1) is 0 Å². The molecule has 10 heteroatoms. The van der Waals surface area contributed by atoms with Gasteiger partial charge in [0.1, 0.15) is 5.56 Å². The maximum Gasteiger partial charge on any atom is 0.283 e. The van der Waals surface area contributed by atoms with Crippen LogP contribution in [-0.2, 0) is 10.0 Å². The largest absolute Gasteiger partial charge is 0.283 e. The molecule has 0 saturated carbocycles. The van der Waals surface area contributed by atoms with Gasteiger partial charge >= 0.3 is 0 Å². The van der Waals surface area contributed by atoms with E-state index in [4.69, 9.17) is 0 Å². The molecule has 9 nitrogen and oxygen atoms in total. The molecule has 1 aliphatic rings. The average Bonchev–Trinajstić information content (AvgIpc) is 2.86. The maximum atomic E-state index is 12.5. The summed E-state index contributed by atoms with van der Waals surface area (Å²) in [7, 11) is -2.41. The van der Waals surface area contributed by atoms with E-state index in [1.807, 2.05) is 0 Å². The van der Waals surface area contributed by atoms with Crippen molar-refractivity contribution in [2.75, 3.05) is 11.9 Å². The zero-order chi connectivity index (χ0) is 18.4. The van der Waals surface area contributed by atoms with Crippen molar-refractivity contribution in [2.24, 2.45) is 0 Å². The van der Waals surface area contributed by atoms with Gasteiger partial charge in [-0.05, 0) is 37.4 Å². The number of anilines is 1. The Morgan fingerprint density at radius 3 is 2.24 bits per heavy atom. The number of fused-ring (bicyclic) bond motifs is 1. The highest BCUT2D eigenvalue weighted by atomic mass is 32.2. The minimum absolute atomic E-state index is 0.0404. The Labute approximate surface area is 142 Å². The van der Waals surface area contributed by atoms with Crippen molar-refractivity contribution in [1.82, 2.24) is 4.72 Å². The zero-order valence-corrected chi connectivity index (χ0v) is 13.6. The Balaban J connectivity index is 2.06. The van der Waals surface area contributed by atoms with E-state index >= 15 is 0 Å². The number of carbonyl (C=O) groups excluding carboxylic acids is 2. The third-order valence-corrected chi connectivity index (χ3v) is 5.19. The molecule has 2 amide bonds. The van der Waals surface area contributed by atoms with Crippen molar-refractivity contribution in [2.45, 2.75) is 4.90 Å². The number of sulfonamides is 1. The van der Waals surface area contributed by atoms with E-state index in [9.17, 15) is 28.1 Å². The van der Waals surface area contributed by atoms with Gasteiger partial charge in [0.25, 0.3) is 17.5 Å². The molecule has 0 radical (unpaired) electrons. The highest BCUT2D eigenvalue weighted by molar-refractivity contribution is 7.89. The highest BCUT2D eigenvalue weighted by Gasteiger charge is 2.41. The van der Waals surface area contributed by atoms with Crippen LogP contribution in [0.2, 0.25) is 0 Å². The number of hydrogen-bond donors (Lipinski definition) is 1. The number of hydrogen-bond acceptors (Lipinski definition) is 6. The van der Waals surface area contributed by atoms with Crippen LogP contribution >= 0.6 is 0 Å². The molecule has 3 rings (SSSR count). The van der Waals surface area contributed by atoms with E-state index in [-0.39, 0.29) is 21.7 Å². The van der Waals surface area contributed by atoms with Crippen molar-refractivity contribution in [3.05, 3.63) is 63.7 Å². The number of nitrogens with zero attached hydrogens (tertiary/aromatic N) is 2. The first kappa shape index (κ1) is 16.7. The number of benzene rings is 2. The predicted octanol–water partition coefficient (Wildman–Crippen LogP) is 1.30. The summed E-state index contributed by atoms with van der Waals surface area (Å²) in [5.41, 5.74) is -0.668. The summed E-state index contributed by atoms with van der Waals surface area (Å²) in [6, 6.07) is 8.86. The third-order valence-electron chi connectivity index (χ3n) is 3.76. The first-order valence-corrected chi connectivity index (χ1v) is 8.46. The van der Waals surface area contributed by atoms with Gasteiger partial charge in [0.05, 0.1) is 21.1 Å². The van der Waals surface area contributed by atoms with Crippen LogP contribution in [0.15, 0.2) is 47.4 Å². The van der Waals surface area contributed by atoms with Gasteiger partial charge < -0.3 is 0 Å². The molecular formula is C15H11N3O6S. The fourth-order valence-corrected chi connectivity index (χ4v) is 3.28. The molecule has 0 spiro atoms. The lowest BCUT2D eigenvalue weighted by atomic mass is 10.1. The quantitative estimate of drug-likeness (QED) is 0.497. The SMILES string of the molecule is CNS(=O)(=O)c1ccc(N2C(=O)c3cccc([N+](=O)[O-])c3C2=O)cc1. The summed E-state index contributed by atoms with van der Waals surface area (Å²) in [5.74, 6) is -1.52. The zero-order valence-electron chi connectivity index (χ0n) is 12.8. The Hall–Kier alpha value is -3.11. The molecular weight excluding hydrogens is 350 g/mol. The number of nitro benzene ring substituents is 1. The topological polar surface area (TPSA) is 127 Å². The van der Waals surface area contributed by atoms with Crippen LogP contribution in [0.25, 0.3) is 0 Å². The molecule has 0 fully saturated rings. The molecule has 0 aliphatic carbocycles. The molecule has 0 saturated heterocycles. The molecule has 2 aromatic carbocycles. The number of nitrogens with one attached hydrogen (secondary N) is 1. The summed E-state index contributed by atoms with van der Waals surface area (Å²) in [4.78, 5) is 36.1. The number of carbonyl (C=O) groups is 2. The molecule has 1 aliphatic heterocycles. The van der Waals surface area contributed by atoms with E-state index in [2.05, 4.69) is 4.72 Å². The second kappa shape index (κ2) is 5.76. The van der Waals surface area contributed by atoms with Gasteiger partial charge in [0.2, 0.25) is 10.0 Å². The smallest absolute Gasteiger partial charge is 0.268 e. The fraction of sp³-hybridized carbons (Fsp3) is 0.0667. The molecule has 128 valence electrons. The standard InChI is InChI=1S/C15H11N3O6S/c1-16-25(23,24)10-7-5-9(6-8-10)17-14(19)11-3-2-4-12(18(21)22)13(11)15(17)20/h2-8,16H,1H3. The molecule has 0 unspecified atom stereocenters. The lowest BCUT2D eigenvalue weighted by Crippen LogP contribution is -2.29. The molecule has 1 heterocycles. The van der Waals surface area contributed by atoms with Gasteiger partial charge in [-0.1, -0.05) is 6.07 Å². The second-order valence-electron chi connectivity index (χ2n) is 5.10. The minimum Gasteiger partial charge on any atom is -0.268 e. The second-order valence-corrected chi connectivity index (χ2v) is 6.99. The third kappa shape index (κ3) is 2.57. The van der Waals surface area contributed by atoms with Crippen LogP contribution < -0.4 is 9.62 Å². The van der Waals surface area contributed by atoms with E-state index in [1.54, 1.807) is 0 Å². The van der Waals surface area contributed by atoms with Crippen LogP contribution in [0, 0.1) is 10.1 Å². The van der Waals surface area contributed by atoms with Gasteiger partial charge in [0.15, 0.2) is 0 Å². The number of rotatable bonds is 4. The summed E-state index contributed by atoms with van der Waals surface area (Å²) in [5, 5.41) is 11.1.